The van der Waals surface area contributed by atoms with E-state index < -0.39 is 15.6 Å². The second-order valence-corrected chi connectivity index (χ2v) is 7.89. The molecule has 1 amide bonds. The van der Waals surface area contributed by atoms with Crippen molar-refractivity contribution in [3.05, 3.63) is 59.9 Å². The molecule has 2 aromatic rings. The van der Waals surface area contributed by atoms with E-state index in [1.165, 1.54) is 24.5 Å². The SMILES string of the molecule is CC(C)(CO)NS(=O)(=O)c1ccc(CNC(=O)c2ccncc2)cc1. The quantitative estimate of drug-likeness (QED) is 0.682. The summed E-state index contributed by atoms with van der Waals surface area (Å²) < 4.78 is 27.0. The van der Waals surface area contributed by atoms with Crippen LogP contribution in [0.15, 0.2) is 53.7 Å². The number of sulfonamides is 1. The van der Waals surface area contributed by atoms with E-state index in [2.05, 4.69) is 15.0 Å². The number of nitrogens with one attached hydrogen (secondary N) is 2. The lowest BCUT2D eigenvalue weighted by molar-refractivity contribution is 0.0950. The van der Waals surface area contributed by atoms with Gasteiger partial charge in [-0.2, -0.15) is 0 Å². The topological polar surface area (TPSA) is 108 Å². The Kier molecular flexibility index (Phi) is 5.89. The van der Waals surface area contributed by atoms with Gasteiger partial charge in [0.25, 0.3) is 5.91 Å². The number of hydrogen-bond acceptors (Lipinski definition) is 5. The van der Waals surface area contributed by atoms with Crippen molar-refractivity contribution in [2.75, 3.05) is 6.61 Å². The second-order valence-electron chi connectivity index (χ2n) is 6.21. The van der Waals surface area contributed by atoms with Gasteiger partial charge in [-0.1, -0.05) is 12.1 Å². The van der Waals surface area contributed by atoms with E-state index in [4.69, 9.17) is 0 Å². The number of pyridine rings is 1. The Morgan fingerprint density at radius 1 is 1.12 bits per heavy atom. The first-order valence-corrected chi connectivity index (χ1v) is 9.14. The molecule has 0 aliphatic heterocycles. The van der Waals surface area contributed by atoms with Crippen molar-refractivity contribution >= 4 is 15.9 Å². The third kappa shape index (κ3) is 5.35. The Labute approximate surface area is 147 Å². The van der Waals surface area contributed by atoms with Crippen molar-refractivity contribution in [1.29, 1.82) is 0 Å². The summed E-state index contributed by atoms with van der Waals surface area (Å²) >= 11 is 0. The molecule has 0 atom stereocenters. The first-order chi connectivity index (χ1) is 11.7. The molecule has 0 saturated carbocycles. The predicted octanol–water partition coefficient (Wildman–Crippen LogP) is 1.06. The van der Waals surface area contributed by atoms with Crippen molar-refractivity contribution in [2.24, 2.45) is 0 Å². The summed E-state index contributed by atoms with van der Waals surface area (Å²) in [5.41, 5.74) is 0.322. The van der Waals surface area contributed by atoms with E-state index in [0.29, 0.717) is 5.56 Å². The van der Waals surface area contributed by atoms with Gasteiger partial charge in [0.2, 0.25) is 10.0 Å². The van der Waals surface area contributed by atoms with Crippen LogP contribution in [0.5, 0.6) is 0 Å². The summed E-state index contributed by atoms with van der Waals surface area (Å²) in [6, 6.07) is 9.41. The molecule has 0 spiro atoms. The van der Waals surface area contributed by atoms with E-state index in [1.807, 2.05) is 0 Å². The third-order valence-electron chi connectivity index (χ3n) is 3.44. The first kappa shape index (κ1) is 19.0. The Bertz CT molecular complexity index is 819. The zero-order valence-corrected chi connectivity index (χ0v) is 14.9. The van der Waals surface area contributed by atoms with Gasteiger partial charge >= 0.3 is 0 Å². The normalized spacial score (nSPS) is 12.0. The Morgan fingerprint density at radius 3 is 2.28 bits per heavy atom. The molecule has 0 unspecified atom stereocenters. The molecule has 0 radical (unpaired) electrons. The van der Waals surface area contributed by atoms with E-state index in [-0.39, 0.29) is 24.0 Å². The molecule has 1 heterocycles. The minimum absolute atomic E-state index is 0.0956. The molecule has 25 heavy (non-hydrogen) atoms. The van der Waals surface area contributed by atoms with Gasteiger partial charge in [-0.05, 0) is 43.7 Å². The molecule has 1 aromatic heterocycles. The molecular formula is C17H21N3O4S. The highest BCUT2D eigenvalue weighted by molar-refractivity contribution is 7.89. The number of hydrogen-bond donors (Lipinski definition) is 3. The van der Waals surface area contributed by atoms with Crippen molar-refractivity contribution < 1.29 is 18.3 Å². The van der Waals surface area contributed by atoms with Crippen LogP contribution < -0.4 is 10.0 Å². The zero-order valence-electron chi connectivity index (χ0n) is 14.1. The lowest BCUT2D eigenvalue weighted by atomic mass is 10.1. The van der Waals surface area contributed by atoms with Gasteiger partial charge in [-0.25, -0.2) is 13.1 Å². The average molecular weight is 363 g/mol. The summed E-state index contributed by atoms with van der Waals surface area (Å²) in [5.74, 6) is -0.231. The largest absolute Gasteiger partial charge is 0.394 e. The van der Waals surface area contributed by atoms with E-state index in [9.17, 15) is 18.3 Å². The Hall–Kier alpha value is -2.29. The van der Waals surface area contributed by atoms with Gasteiger partial charge in [0.05, 0.1) is 17.0 Å². The minimum Gasteiger partial charge on any atom is -0.394 e. The van der Waals surface area contributed by atoms with Gasteiger partial charge in [-0.15, -0.1) is 0 Å². The lowest BCUT2D eigenvalue weighted by Crippen LogP contribution is -2.46. The fourth-order valence-corrected chi connectivity index (χ4v) is 3.43. The van der Waals surface area contributed by atoms with Crippen LogP contribution in [0.3, 0.4) is 0 Å². The van der Waals surface area contributed by atoms with E-state index in [1.54, 1.807) is 38.1 Å². The van der Waals surface area contributed by atoms with Crippen LogP contribution >= 0.6 is 0 Å². The standard InChI is InChI=1S/C17H21N3O4S/c1-17(2,12-21)20-25(23,24)15-5-3-13(4-6-15)11-19-16(22)14-7-9-18-10-8-14/h3-10,20-21H,11-12H2,1-2H3,(H,19,22). The van der Waals surface area contributed by atoms with Crippen LogP contribution in [0.1, 0.15) is 29.8 Å². The van der Waals surface area contributed by atoms with Gasteiger partial charge in [-0.3, -0.25) is 9.78 Å². The summed E-state index contributed by atoms with van der Waals surface area (Å²) in [6.07, 6.45) is 3.07. The highest BCUT2D eigenvalue weighted by Gasteiger charge is 2.25. The second kappa shape index (κ2) is 7.73. The molecule has 8 heteroatoms. The number of amides is 1. The number of aromatic nitrogens is 1. The molecule has 0 saturated heterocycles. The lowest BCUT2D eigenvalue weighted by Gasteiger charge is -2.23. The van der Waals surface area contributed by atoms with Crippen LogP contribution in [0.25, 0.3) is 0 Å². The molecule has 0 bridgehead atoms. The van der Waals surface area contributed by atoms with Crippen molar-refractivity contribution in [3.8, 4) is 0 Å². The highest BCUT2D eigenvalue weighted by Crippen LogP contribution is 2.14. The fraction of sp³-hybridized carbons (Fsp3) is 0.294. The highest BCUT2D eigenvalue weighted by atomic mass is 32.2. The van der Waals surface area contributed by atoms with Gasteiger partial charge < -0.3 is 10.4 Å². The van der Waals surface area contributed by atoms with E-state index >= 15 is 0 Å². The Balaban J connectivity index is 2.01. The number of carbonyl (C=O) groups is 1. The van der Waals surface area contributed by atoms with E-state index in [0.717, 1.165) is 5.56 Å². The summed E-state index contributed by atoms with van der Waals surface area (Å²) in [4.78, 5) is 15.9. The maximum Gasteiger partial charge on any atom is 0.251 e. The van der Waals surface area contributed by atoms with Crippen LogP contribution in [0, 0.1) is 0 Å². The molecule has 7 nitrogen and oxygen atoms in total. The molecule has 3 N–H and O–H groups in total. The van der Waals surface area contributed by atoms with Gasteiger partial charge in [0.15, 0.2) is 0 Å². The maximum absolute atomic E-state index is 12.3. The summed E-state index contributed by atoms with van der Waals surface area (Å²) in [6.45, 7) is 3.14. The van der Waals surface area contributed by atoms with Crippen LogP contribution in [-0.4, -0.2) is 36.6 Å². The minimum atomic E-state index is -3.73. The Morgan fingerprint density at radius 2 is 1.72 bits per heavy atom. The van der Waals surface area contributed by atoms with Crippen molar-refractivity contribution in [3.63, 3.8) is 0 Å². The van der Waals surface area contributed by atoms with Gasteiger partial charge in [0, 0.05) is 24.5 Å². The van der Waals surface area contributed by atoms with Gasteiger partial charge in [0.1, 0.15) is 0 Å². The molecule has 0 aliphatic rings. The molecular weight excluding hydrogens is 342 g/mol. The molecule has 1 aromatic carbocycles. The number of rotatable bonds is 7. The van der Waals surface area contributed by atoms with Crippen LogP contribution in [0.4, 0.5) is 0 Å². The molecule has 2 rings (SSSR count). The average Bonchev–Trinajstić information content (AvgIpc) is 2.60. The summed E-state index contributed by atoms with van der Waals surface area (Å²) in [7, 11) is -3.73. The molecule has 0 fully saturated rings. The maximum atomic E-state index is 12.3. The number of aliphatic hydroxyl groups is 1. The zero-order chi connectivity index (χ0) is 18.5. The van der Waals surface area contributed by atoms with Crippen molar-refractivity contribution in [1.82, 2.24) is 15.0 Å². The van der Waals surface area contributed by atoms with Crippen LogP contribution in [0.2, 0.25) is 0 Å². The predicted molar refractivity (Wildman–Crippen MR) is 93.3 cm³/mol. The number of benzene rings is 1. The van der Waals surface area contributed by atoms with Crippen molar-refractivity contribution in [2.45, 2.75) is 30.8 Å². The smallest absolute Gasteiger partial charge is 0.251 e. The number of aliphatic hydroxyl groups excluding tert-OH is 1. The summed E-state index contributed by atoms with van der Waals surface area (Å²) in [5, 5.41) is 11.9. The fourth-order valence-electron chi connectivity index (χ4n) is 2.03. The van der Waals surface area contributed by atoms with Crippen LogP contribution in [-0.2, 0) is 16.6 Å². The molecule has 0 aliphatic carbocycles. The first-order valence-electron chi connectivity index (χ1n) is 7.65. The molecule has 134 valence electrons. The monoisotopic (exact) mass is 363 g/mol. The third-order valence-corrected chi connectivity index (χ3v) is 5.15. The number of nitrogens with zero attached hydrogens (tertiary/aromatic N) is 1. The number of carbonyl (C=O) groups excluding carboxylic acids is 1.